The van der Waals surface area contributed by atoms with Gasteiger partial charge in [0, 0.05) is 17.0 Å². The Labute approximate surface area is 112 Å². The number of nitrogens with two attached hydrogens (primary N) is 1. The van der Waals surface area contributed by atoms with E-state index in [-0.39, 0.29) is 5.84 Å². The molecule has 1 aromatic carbocycles. The first kappa shape index (κ1) is 14.9. The number of azide groups is 1. The molecule has 0 aliphatic carbocycles. The van der Waals surface area contributed by atoms with Crippen LogP contribution in [0.5, 0.6) is 5.75 Å². The van der Waals surface area contributed by atoms with E-state index in [9.17, 15) is 0 Å². The topological polar surface area (TPSA) is 108 Å². The monoisotopic (exact) mass is 261 g/mol. The van der Waals surface area contributed by atoms with Crippen LogP contribution in [0.1, 0.15) is 31.2 Å². The smallest absolute Gasteiger partial charge is 0.122 e. The Hall–Kier alpha value is -2.20. The largest absolute Gasteiger partial charge is 0.494 e. The zero-order chi connectivity index (χ0) is 13.9. The van der Waals surface area contributed by atoms with Crippen LogP contribution in [0, 0.1) is 5.41 Å². The van der Waals surface area contributed by atoms with Crippen molar-refractivity contribution in [1.82, 2.24) is 0 Å². The third-order valence-corrected chi connectivity index (χ3v) is 2.65. The first-order valence-electron chi connectivity index (χ1n) is 6.32. The van der Waals surface area contributed by atoms with E-state index in [1.807, 2.05) is 12.1 Å². The van der Waals surface area contributed by atoms with Crippen molar-refractivity contribution in [3.8, 4) is 5.75 Å². The Bertz CT molecular complexity index is 437. The molecule has 102 valence electrons. The van der Waals surface area contributed by atoms with Crippen molar-refractivity contribution in [2.24, 2.45) is 10.8 Å². The van der Waals surface area contributed by atoms with E-state index in [1.54, 1.807) is 12.1 Å². The van der Waals surface area contributed by atoms with Gasteiger partial charge in [-0.05, 0) is 42.6 Å². The van der Waals surface area contributed by atoms with Crippen molar-refractivity contribution in [3.05, 3.63) is 40.3 Å². The number of rotatable bonds is 9. The maximum Gasteiger partial charge on any atom is 0.122 e. The lowest BCUT2D eigenvalue weighted by Gasteiger charge is -2.06. The molecule has 0 saturated carbocycles. The summed E-state index contributed by atoms with van der Waals surface area (Å²) in [6, 6.07) is 7.19. The minimum atomic E-state index is 0.0616. The van der Waals surface area contributed by atoms with E-state index in [1.165, 1.54) is 0 Å². The van der Waals surface area contributed by atoms with Gasteiger partial charge in [0.25, 0.3) is 0 Å². The number of nitrogen functional groups attached to an aromatic ring is 1. The summed E-state index contributed by atoms with van der Waals surface area (Å²) in [5, 5.41) is 10.8. The van der Waals surface area contributed by atoms with Gasteiger partial charge in [-0.25, -0.2) is 0 Å². The van der Waals surface area contributed by atoms with E-state index in [2.05, 4.69) is 10.0 Å². The average molecular weight is 261 g/mol. The molecule has 0 radical (unpaired) electrons. The first-order chi connectivity index (χ1) is 9.24. The second-order valence-corrected chi connectivity index (χ2v) is 4.16. The van der Waals surface area contributed by atoms with Gasteiger partial charge >= 0.3 is 0 Å². The Morgan fingerprint density at radius 3 is 2.53 bits per heavy atom. The minimum absolute atomic E-state index is 0.0616. The van der Waals surface area contributed by atoms with Crippen LogP contribution in [0.2, 0.25) is 0 Å². The fourth-order valence-electron chi connectivity index (χ4n) is 1.60. The quantitative estimate of drug-likeness (QED) is 0.178. The van der Waals surface area contributed by atoms with Gasteiger partial charge in [-0.15, -0.1) is 0 Å². The SMILES string of the molecule is [N-]=[N+]=NCCCCCCOc1ccc(C(=N)N)cc1. The fourth-order valence-corrected chi connectivity index (χ4v) is 1.60. The highest BCUT2D eigenvalue weighted by Gasteiger charge is 1.97. The van der Waals surface area contributed by atoms with Gasteiger partial charge in [-0.1, -0.05) is 18.0 Å². The summed E-state index contributed by atoms with van der Waals surface area (Å²) >= 11 is 0. The molecule has 6 heteroatoms. The average Bonchev–Trinajstić information content (AvgIpc) is 2.42. The highest BCUT2D eigenvalue weighted by atomic mass is 16.5. The molecule has 19 heavy (non-hydrogen) atoms. The zero-order valence-corrected chi connectivity index (χ0v) is 10.9. The first-order valence-corrected chi connectivity index (χ1v) is 6.32. The van der Waals surface area contributed by atoms with Crippen molar-refractivity contribution in [2.45, 2.75) is 25.7 Å². The molecule has 6 nitrogen and oxygen atoms in total. The summed E-state index contributed by atoms with van der Waals surface area (Å²) < 4.78 is 5.58. The van der Waals surface area contributed by atoms with Crippen LogP contribution in [0.3, 0.4) is 0 Å². The van der Waals surface area contributed by atoms with Gasteiger partial charge in [-0.2, -0.15) is 0 Å². The van der Waals surface area contributed by atoms with Gasteiger partial charge in [0.2, 0.25) is 0 Å². The standard InChI is InChI=1S/C13H19N5O/c14-13(15)11-5-7-12(8-6-11)19-10-4-2-1-3-9-17-18-16/h5-8H,1-4,9-10H2,(H3,14,15). The fraction of sp³-hybridized carbons (Fsp3) is 0.462. The van der Waals surface area contributed by atoms with Crippen molar-refractivity contribution >= 4 is 5.84 Å². The second-order valence-electron chi connectivity index (χ2n) is 4.16. The number of nitrogens with zero attached hydrogens (tertiary/aromatic N) is 3. The van der Waals surface area contributed by atoms with E-state index < -0.39 is 0 Å². The Morgan fingerprint density at radius 1 is 1.21 bits per heavy atom. The van der Waals surface area contributed by atoms with Crippen LogP contribution in [0.4, 0.5) is 0 Å². The van der Waals surface area contributed by atoms with Crippen molar-refractivity contribution in [2.75, 3.05) is 13.2 Å². The highest BCUT2D eigenvalue weighted by molar-refractivity contribution is 5.94. The molecule has 1 rings (SSSR count). The molecule has 0 aliphatic rings. The third-order valence-electron chi connectivity index (χ3n) is 2.65. The van der Waals surface area contributed by atoms with Crippen LogP contribution >= 0.6 is 0 Å². The van der Waals surface area contributed by atoms with Crippen molar-refractivity contribution in [3.63, 3.8) is 0 Å². The third kappa shape index (κ3) is 6.33. The summed E-state index contributed by atoms with van der Waals surface area (Å²) in [5.41, 5.74) is 14.2. The maximum atomic E-state index is 8.10. The molecule has 0 saturated heterocycles. The molecular weight excluding hydrogens is 242 g/mol. The van der Waals surface area contributed by atoms with Gasteiger partial charge in [-0.3, -0.25) is 5.41 Å². The molecule has 0 spiro atoms. The molecule has 1 aromatic rings. The molecule has 0 heterocycles. The number of nitrogens with one attached hydrogen (secondary N) is 1. The normalized spacial score (nSPS) is 9.68. The molecule has 0 amide bonds. The van der Waals surface area contributed by atoms with E-state index in [4.69, 9.17) is 21.4 Å². The van der Waals surface area contributed by atoms with E-state index in [0.29, 0.717) is 18.7 Å². The summed E-state index contributed by atoms with van der Waals surface area (Å²) in [6.07, 6.45) is 4.01. The Kier molecular flexibility index (Phi) is 6.90. The number of benzene rings is 1. The maximum absolute atomic E-state index is 8.10. The Morgan fingerprint density at radius 2 is 1.89 bits per heavy atom. The lowest BCUT2D eigenvalue weighted by molar-refractivity contribution is 0.305. The number of ether oxygens (including phenoxy) is 1. The van der Waals surface area contributed by atoms with E-state index in [0.717, 1.165) is 31.4 Å². The molecule has 0 aliphatic heterocycles. The lowest BCUT2D eigenvalue weighted by Crippen LogP contribution is -2.10. The predicted octanol–water partition coefficient (Wildman–Crippen LogP) is 3.22. The second kappa shape index (κ2) is 8.83. The van der Waals surface area contributed by atoms with Crippen molar-refractivity contribution < 1.29 is 4.74 Å². The molecule has 3 N–H and O–H groups in total. The summed E-state index contributed by atoms with van der Waals surface area (Å²) in [5.74, 6) is 0.852. The minimum Gasteiger partial charge on any atom is -0.494 e. The van der Waals surface area contributed by atoms with E-state index >= 15 is 0 Å². The summed E-state index contributed by atoms with van der Waals surface area (Å²) in [7, 11) is 0. The summed E-state index contributed by atoms with van der Waals surface area (Å²) in [4.78, 5) is 2.71. The molecular formula is C13H19N5O. The van der Waals surface area contributed by atoms with Crippen LogP contribution < -0.4 is 10.5 Å². The van der Waals surface area contributed by atoms with Gasteiger partial charge in [0.1, 0.15) is 11.6 Å². The number of unbranched alkanes of at least 4 members (excludes halogenated alkanes) is 3. The lowest BCUT2D eigenvalue weighted by atomic mass is 10.2. The number of hydrogen-bond acceptors (Lipinski definition) is 3. The molecule has 0 atom stereocenters. The van der Waals surface area contributed by atoms with Crippen molar-refractivity contribution in [1.29, 1.82) is 5.41 Å². The number of hydrogen-bond donors (Lipinski definition) is 2. The van der Waals surface area contributed by atoms with Crippen LogP contribution in [0.15, 0.2) is 29.4 Å². The summed E-state index contributed by atoms with van der Waals surface area (Å²) in [6.45, 7) is 1.24. The van der Waals surface area contributed by atoms with Gasteiger partial charge < -0.3 is 10.5 Å². The van der Waals surface area contributed by atoms with Gasteiger partial charge in [0.15, 0.2) is 0 Å². The molecule has 0 bridgehead atoms. The molecule has 0 aromatic heterocycles. The van der Waals surface area contributed by atoms with Gasteiger partial charge in [0.05, 0.1) is 6.61 Å². The molecule has 0 unspecified atom stereocenters. The predicted molar refractivity (Wildman–Crippen MR) is 75.4 cm³/mol. The Balaban J connectivity index is 2.12. The van der Waals surface area contributed by atoms with Crippen LogP contribution in [0.25, 0.3) is 10.4 Å². The highest BCUT2D eigenvalue weighted by Crippen LogP contribution is 2.12. The van der Waals surface area contributed by atoms with Crippen LogP contribution in [-0.4, -0.2) is 19.0 Å². The zero-order valence-electron chi connectivity index (χ0n) is 10.9. The molecule has 0 fully saturated rings. The van der Waals surface area contributed by atoms with Crippen LogP contribution in [-0.2, 0) is 0 Å². The number of amidine groups is 1.